The first-order chi connectivity index (χ1) is 6.49. The summed E-state index contributed by atoms with van der Waals surface area (Å²) in [6, 6.07) is 0. The quantitative estimate of drug-likeness (QED) is 0.621. The fourth-order valence-corrected chi connectivity index (χ4v) is 2.13. The molecule has 0 saturated heterocycles. The summed E-state index contributed by atoms with van der Waals surface area (Å²) in [6.07, 6.45) is 7.88. The lowest BCUT2D eigenvalue weighted by molar-refractivity contribution is -0.123. The molecule has 0 heterocycles. The van der Waals surface area contributed by atoms with E-state index in [1.54, 1.807) is 0 Å². The van der Waals surface area contributed by atoms with Gasteiger partial charge in [-0.25, -0.2) is 0 Å². The minimum Gasteiger partial charge on any atom is -0.299 e. The van der Waals surface area contributed by atoms with E-state index in [9.17, 15) is 4.79 Å². The molecule has 0 amide bonds. The van der Waals surface area contributed by atoms with Gasteiger partial charge in [0, 0.05) is 12.3 Å². The van der Waals surface area contributed by atoms with Gasteiger partial charge in [-0.3, -0.25) is 4.79 Å². The van der Waals surface area contributed by atoms with E-state index in [1.165, 1.54) is 5.57 Å². The van der Waals surface area contributed by atoms with E-state index in [-0.39, 0.29) is 11.3 Å². The number of ketones is 1. The summed E-state index contributed by atoms with van der Waals surface area (Å²) in [5, 5.41) is 0. The fourth-order valence-electron chi connectivity index (χ4n) is 2.13. The van der Waals surface area contributed by atoms with E-state index < -0.39 is 0 Å². The van der Waals surface area contributed by atoms with Crippen molar-refractivity contribution >= 4 is 5.78 Å². The van der Waals surface area contributed by atoms with Gasteiger partial charge >= 0.3 is 0 Å². The van der Waals surface area contributed by atoms with Crippen molar-refractivity contribution in [2.45, 2.75) is 40.5 Å². The summed E-state index contributed by atoms with van der Waals surface area (Å²) in [5.74, 6) is 0.495. The first-order valence-corrected chi connectivity index (χ1v) is 5.35. The Bertz CT molecular complexity index is 282. The Balaban J connectivity index is 3.00. The molecular formula is C13H20O. The predicted molar refractivity (Wildman–Crippen MR) is 60.1 cm³/mol. The first-order valence-electron chi connectivity index (χ1n) is 5.35. The van der Waals surface area contributed by atoms with Crippen molar-refractivity contribution in [3.8, 4) is 0 Å². The smallest absolute Gasteiger partial charge is 0.139 e. The molecule has 14 heavy (non-hydrogen) atoms. The summed E-state index contributed by atoms with van der Waals surface area (Å²) >= 11 is 0. The number of rotatable bonds is 1. The molecule has 0 aromatic rings. The van der Waals surface area contributed by atoms with Crippen LogP contribution in [0.2, 0.25) is 0 Å². The standard InChI is InChI=1S/C13H20O/c1-5-6-7-11-10(2)12(14)8-9-13(11,3)4/h5-7,10H,8-9H2,1-4H3/b6-5-,11-7-. The summed E-state index contributed by atoms with van der Waals surface area (Å²) in [7, 11) is 0. The van der Waals surface area contributed by atoms with Gasteiger partial charge in [-0.2, -0.15) is 0 Å². The van der Waals surface area contributed by atoms with Gasteiger partial charge < -0.3 is 0 Å². The summed E-state index contributed by atoms with van der Waals surface area (Å²) in [6.45, 7) is 8.48. The van der Waals surface area contributed by atoms with Crippen molar-refractivity contribution in [3.63, 3.8) is 0 Å². The number of carbonyl (C=O) groups excluding carboxylic acids is 1. The van der Waals surface area contributed by atoms with E-state index in [2.05, 4.69) is 19.9 Å². The molecule has 0 aliphatic heterocycles. The van der Waals surface area contributed by atoms with Crippen LogP contribution >= 0.6 is 0 Å². The number of Topliss-reactive ketones (excluding diaryl/α,β-unsaturated/α-hetero) is 1. The van der Waals surface area contributed by atoms with Gasteiger partial charge in [0.05, 0.1) is 0 Å². The minimum absolute atomic E-state index is 0.106. The maximum atomic E-state index is 11.6. The third-order valence-electron chi connectivity index (χ3n) is 3.20. The Labute approximate surface area is 86.9 Å². The molecule has 0 radical (unpaired) electrons. The molecule has 1 heteroatoms. The molecule has 1 unspecified atom stereocenters. The zero-order valence-electron chi connectivity index (χ0n) is 9.63. The highest BCUT2D eigenvalue weighted by atomic mass is 16.1. The predicted octanol–water partition coefficient (Wildman–Crippen LogP) is 3.51. The highest BCUT2D eigenvalue weighted by Gasteiger charge is 2.35. The molecule has 1 nitrogen and oxygen atoms in total. The Morgan fingerprint density at radius 3 is 2.64 bits per heavy atom. The Morgan fingerprint density at radius 1 is 1.43 bits per heavy atom. The molecule has 0 bridgehead atoms. The van der Waals surface area contributed by atoms with Crippen molar-refractivity contribution in [1.29, 1.82) is 0 Å². The summed E-state index contributed by atoms with van der Waals surface area (Å²) in [4.78, 5) is 11.6. The lowest BCUT2D eigenvalue weighted by Gasteiger charge is -2.36. The van der Waals surface area contributed by atoms with E-state index in [0.29, 0.717) is 5.78 Å². The van der Waals surface area contributed by atoms with E-state index in [1.807, 2.05) is 26.0 Å². The largest absolute Gasteiger partial charge is 0.299 e. The molecule has 1 atom stereocenters. The van der Waals surface area contributed by atoms with Crippen LogP contribution in [0.3, 0.4) is 0 Å². The molecular weight excluding hydrogens is 172 g/mol. The molecule has 0 N–H and O–H groups in total. The van der Waals surface area contributed by atoms with Crippen molar-refractivity contribution < 1.29 is 4.79 Å². The molecule has 1 aliphatic rings. The van der Waals surface area contributed by atoms with Crippen LogP contribution in [-0.4, -0.2) is 5.78 Å². The van der Waals surface area contributed by atoms with E-state index in [4.69, 9.17) is 0 Å². The van der Waals surface area contributed by atoms with Gasteiger partial charge in [0.1, 0.15) is 5.78 Å². The zero-order valence-corrected chi connectivity index (χ0v) is 9.63. The highest BCUT2D eigenvalue weighted by molar-refractivity contribution is 5.85. The lowest BCUT2D eigenvalue weighted by atomic mass is 9.68. The molecule has 1 rings (SSSR count). The molecule has 1 aliphatic carbocycles. The van der Waals surface area contributed by atoms with E-state index in [0.717, 1.165) is 12.8 Å². The van der Waals surface area contributed by atoms with Crippen LogP contribution in [0.5, 0.6) is 0 Å². The van der Waals surface area contributed by atoms with Gasteiger partial charge in [0.25, 0.3) is 0 Å². The fraction of sp³-hybridized carbons (Fsp3) is 0.615. The van der Waals surface area contributed by atoms with Gasteiger partial charge in [-0.15, -0.1) is 0 Å². The van der Waals surface area contributed by atoms with Gasteiger partial charge in [-0.05, 0) is 18.8 Å². The maximum Gasteiger partial charge on any atom is 0.139 e. The second-order valence-corrected chi connectivity index (χ2v) is 4.72. The van der Waals surface area contributed by atoms with Crippen LogP contribution in [0, 0.1) is 11.3 Å². The Hall–Kier alpha value is -0.850. The Kier molecular flexibility index (Phi) is 3.30. The van der Waals surface area contributed by atoms with Crippen LogP contribution in [-0.2, 0) is 4.79 Å². The molecule has 1 saturated carbocycles. The Morgan fingerprint density at radius 2 is 2.07 bits per heavy atom. The van der Waals surface area contributed by atoms with Crippen LogP contribution in [0.4, 0.5) is 0 Å². The van der Waals surface area contributed by atoms with Crippen molar-refractivity contribution in [3.05, 3.63) is 23.8 Å². The number of allylic oxidation sites excluding steroid dienone is 4. The highest BCUT2D eigenvalue weighted by Crippen LogP contribution is 2.41. The van der Waals surface area contributed by atoms with E-state index >= 15 is 0 Å². The lowest BCUT2D eigenvalue weighted by Crippen LogP contribution is -2.31. The molecule has 78 valence electrons. The van der Waals surface area contributed by atoms with Crippen LogP contribution < -0.4 is 0 Å². The normalized spacial score (nSPS) is 30.1. The van der Waals surface area contributed by atoms with Crippen molar-refractivity contribution in [1.82, 2.24) is 0 Å². The number of carbonyl (C=O) groups is 1. The minimum atomic E-state index is 0.106. The topological polar surface area (TPSA) is 17.1 Å². The number of hydrogen-bond donors (Lipinski definition) is 0. The zero-order chi connectivity index (χ0) is 10.8. The SMILES string of the molecule is C/C=C\C=C1\C(C)C(=O)CCC1(C)C. The molecule has 0 aromatic carbocycles. The van der Waals surface area contributed by atoms with Crippen LogP contribution in [0.25, 0.3) is 0 Å². The van der Waals surface area contributed by atoms with Crippen LogP contribution in [0.1, 0.15) is 40.5 Å². The van der Waals surface area contributed by atoms with Crippen molar-refractivity contribution in [2.75, 3.05) is 0 Å². The first kappa shape index (κ1) is 11.2. The van der Waals surface area contributed by atoms with Crippen molar-refractivity contribution in [2.24, 2.45) is 11.3 Å². The average Bonchev–Trinajstić information content (AvgIpc) is 2.12. The maximum absolute atomic E-state index is 11.6. The second-order valence-electron chi connectivity index (χ2n) is 4.72. The molecule has 0 spiro atoms. The number of hydrogen-bond acceptors (Lipinski definition) is 1. The molecule has 1 fully saturated rings. The van der Waals surface area contributed by atoms with Crippen LogP contribution in [0.15, 0.2) is 23.8 Å². The third kappa shape index (κ3) is 2.14. The summed E-state index contributed by atoms with van der Waals surface area (Å²) in [5.41, 5.74) is 1.47. The monoisotopic (exact) mass is 192 g/mol. The third-order valence-corrected chi connectivity index (χ3v) is 3.20. The van der Waals surface area contributed by atoms with Gasteiger partial charge in [-0.1, -0.05) is 44.6 Å². The summed E-state index contributed by atoms with van der Waals surface area (Å²) < 4.78 is 0. The van der Waals surface area contributed by atoms with Gasteiger partial charge in [0.2, 0.25) is 0 Å². The molecule has 0 aromatic heterocycles. The average molecular weight is 192 g/mol. The second kappa shape index (κ2) is 4.12. The van der Waals surface area contributed by atoms with Gasteiger partial charge in [0.15, 0.2) is 0 Å².